The monoisotopic (exact) mass is 340 g/mol. The maximum Gasteiger partial charge on any atom is 0.226 e. The van der Waals surface area contributed by atoms with Crippen molar-refractivity contribution in [3.8, 4) is 0 Å². The number of nitrogens with one attached hydrogen (secondary N) is 1. The first-order chi connectivity index (χ1) is 12.0. The summed E-state index contributed by atoms with van der Waals surface area (Å²) in [5, 5.41) is 2.86. The van der Waals surface area contributed by atoms with Crippen molar-refractivity contribution < 1.29 is 9.59 Å². The van der Waals surface area contributed by atoms with Crippen LogP contribution >= 0.6 is 0 Å². The van der Waals surface area contributed by atoms with Crippen LogP contribution in [0.5, 0.6) is 0 Å². The zero-order chi connectivity index (χ0) is 18.2. The average molecular weight is 340 g/mol. The van der Waals surface area contributed by atoms with Gasteiger partial charge in [0.25, 0.3) is 0 Å². The standard InChI is InChI=1S/C19H24N4O2/c1-15(24)23(14-16-8-11-20-12-9-16)13-10-19(25)21-17-4-6-18(7-5-17)22(2)3/h4-9,11-12H,10,13-14H2,1-3H3,(H,21,25). The molecular weight excluding hydrogens is 316 g/mol. The minimum Gasteiger partial charge on any atom is -0.378 e. The van der Waals surface area contributed by atoms with Gasteiger partial charge in [0.2, 0.25) is 11.8 Å². The first kappa shape index (κ1) is 18.4. The summed E-state index contributed by atoms with van der Waals surface area (Å²) >= 11 is 0. The van der Waals surface area contributed by atoms with Gasteiger partial charge >= 0.3 is 0 Å². The van der Waals surface area contributed by atoms with Gasteiger partial charge in [0.1, 0.15) is 0 Å². The number of hydrogen-bond donors (Lipinski definition) is 1. The van der Waals surface area contributed by atoms with E-state index in [4.69, 9.17) is 0 Å². The van der Waals surface area contributed by atoms with Crippen LogP contribution in [0.2, 0.25) is 0 Å². The second-order valence-corrected chi connectivity index (χ2v) is 6.04. The Balaban J connectivity index is 1.87. The molecule has 6 nitrogen and oxygen atoms in total. The van der Waals surface area contributed by atoms with Crippen LogP contribution in [0.15, 0.2) is 48.8 Å². The lowest BCUT2D eigenvalue weighted by Crippen LogP contribution is -2.31. The first-order valence-electron chi connectivity index (χ1n) is 8.17. The topological polar surface area (TPSA) is 65.5 Å². The number of pyridine rings is 1. The summed E-state index contributed by atoms with van der Waals surface area (Å²) in [6, 6.07) is 11.4. The molecule has 132 valence electrons. The molecule has 1 heterocycles. The van der Waals surface area contributed by atoms with E-state index in [9.17, 15) is 9.59 Å². The molecule has 0 atom stereocenters. The Kier molecular flexibility index (Phi) is 6.51. The molecule has 0 saturated carbocycles. The summed E-state index contributed by atoms with van der Waals surface area (Å²) < 4.78 is 0. The first-order valence-corrected chi connectivity index (χ1v) is 8.17. The maximum absolute atomic E-state index is 12.1. The van der Waals surface area contributed by atoms with Crippen LogP contribution in [0.1, 0.15) is 18.9 Å². The third-order valence-electron chi connectivity index (χ3n) is 3.84. The lowest BCUT2D eigenvalue weighted by molar-refractivity contribution is -0.129. The second-order valence-electron chi connectivity index (χ2n) is 6.04. The lowest BCUT2D eigenvalue weighted by Gasteiger charge is -2.21. The fourth-order valence-electron chi connectivity index (χ4n) is 2.36. The fourth-order valence-corrected chi connectivity index (χ4v) is 2.36. The van der Waals surface area contributed by atoms with E-state index in [1.807, 2.05) is 55.4 Å². The Morgan fingerprint density at radius 1 is 1.04 bits per heavy atom. The van der Waals surface area contributed by atoms with Gasteiger partial charge in [0.15, 0.2) is 0 Å². The molecule has 0 aliphatic heterocycles. The van der Waals surface area contributed by atoms with Gasteiger partial charge in [-0.25, -0.2) is 0 Å². The van der Waals surface area contributed by atoms with E-state index >= 15 is 0 Å². The molecule has 0 bridgehead atoms. The number of carbonyl (C=O) groups is 2. The SMILES string of the molecule is CC(=O)N(CCC(=O)Nc1ccc(N(C)C)cc1)Cc1ccncc1. The Hall–Kier alpha value is -2.89. The molecule has 1 N–H and O–H groups in total. The molecular formula is C19H24N4O2. The number of anilines is 2. The number of hydrogen-bond acceptors (Lipinski definition) is 4. The number of nitrogens with zero attached hydrogens (tertiary/aromatic N) is 3. The highest BCUT2D eigenvalue weighted by Gasteiger charge is 2.12. The summed E-state index contributed by atoms with van der Waals surface area (Å²) in [4.78, 5) is 31.6. The molecule has 0 aliphatic carbocycles. The highest BCUT2D eigenvalue weighted by Crippen LogP contribution is 2.16. The number of carbonyl (C=O) groups excluding carboxylic acids is 2. The maximum atomic E-state index is 12.1. The third-order valence-corrected chi connectivity index (χ3v) is 3.84. The van der Waals surface area contributed by atoms with Gasteiger partial charge < -0.3 is 15.1 Å². The molecule has 0 radical (unpaired) electrons. The van der Waals surface area contributed by atoms with Gasteiger partial charge in [0.05, 0.1) is 0 Å². The summed E-state index contributed by atoms with van der Waals surface area (Å²) in [6.45, 7) is 2.36. The summed E-state index contributed by atoms with van der Waals surface area (Å²) in [6.07, 6.45) is 3.63. The summed E-state index contributed by atoms with van der Waals surface area (Å²) in [5.74, 6) is -0.168. The predicted molar refractivity (Wildman–Crippen MR) is 99.3 cm³/mol. The molecule has 1 aromatic carbocycles. The number of benzene rings is 1. The van der Waals surface area contributed by atoms with Crippen LogP contribution < -0.4 is 10.2 Å². The number of aromatic nitrogens is 1. The van der Waals surface area contributed by atoms with Crippen LogP contribution in [0.25, 0.3) is 0 Å². The Morgan fingerprint density at radius 2 is 1.68 bits per heavy atom. The highest BCUT2D eigenvalue weighted by molar-refractivity contribution is 5.91. The van der Waals surface area contributed by atoms with E-state index in [1.54, 1.807) is 17.3 Å². The molecule has 1 aromatic heterocycles. The Bertz CT molecular complexity index is 699. The normalized spacial score (nSPS) is 10.2. The van der Waals surface area contributed by atoms with Crippen molar-refractivity contribution >= 4 is 23.2 Å². The van der Waals surface area contributed by atoms with Crippen LogP contribution in [0.4, 0.5) is 11.4 Å². The molecule has 25 heavy (non-hydrogen) atoms. The van der Waals surface area contributed by atoms with Crippen LogP contribution in [-0.2, 0) is 16.1 Å². The second kappa shape index (κ2) is 8.82. The van der Waals surface area contributed by atoms with E-state index < -0.39 is 0 Å². The molecule has 0 aliphatic rings. The van der Waals surface area contributed by atoms with Gasteiger partial charge in [-0.05, 0) is 42.0 Å². The Morgan fingerprint density at radius 3 is 2.24 bits per heavy atom. The van der Waals surface area contributed by atoms with Crippen LogP contribution in [-0.4, -0.2) is 42.3 Å². The van der Waals surface area contributed by atoms with Crippen LogP contribution in [0, 0.1) is 0 Å². The molecule has 2 amide bonds. The van der Waals surface area contributed by atoms with Crippen molar-refractivity contribution in [2.75, 3.05) is 30.9 Å². The van der Waals surface area contributed by atoms with Crippen LogP contribution in [0.3, 0.4) is 0 Å². The van der Waals surface area contributed by atoms with E-state index in [0.717, 1.165) is 16.9 Å². The van der Waals surface area contributed by atoms with E-state index in [0.29, 0.717) is 13.1 Å². The predicted octanol–water partition coefficient (Wildman–Crippen LogP) is 2.52. The number of amides is 2. The van der Waals surface area contributed by atoms with Crippen molar-refractivity contribution in [3.05, 3.63) is 54.4 Å². The minimum atomic E-state index is -0.112. The van der Waals surface area contributed by atoms with E-state index in [2.05, 4.69) is 10.3 Å². The zero-order valence-corrected chi connectivity index (χ0v) is 14.9. The Labute approximate surface area is 148 Å². The molecule has 0 unspecified atom stereocenters. The van der Waals surface area contributed by atoms with Crippen molar-refractivity contribution in [2.24, 2.45) is 0 Å². The van der Waals surface area contributed by atoms with E-state index in [-0.39, 0.29) is 18.2 Å². The third kappa shape index (κ3) is 5.91. The molecule has 0 spiro atoms. The lowest BCUT2D eigenvalue weighted by atomic mass is 10.2. The van der Waals surface area contributed by atoms with Gasteiger partial charge in [0, 0.05) is 64.3 Å². The minimum absolute atomic E-state index is 0.0556. The van der Waals surface area contributed by atoms with E-state index in [1.165, 1.54) is 6.92 Å². The largest absolute Gasteiger partial charge is 0.378 e. The smallest absolute Gasteiger partial charge is 0.226 e. The summed E-state index contributed by atoms with van der Waals surface area (Å²) in [7, 11) is 3.93. The molecule has 2 aromatic rings. The average Bonchev–Trinajstić information content (AvgIpc) is 2.59. The van der Waals surface area contributed by atoms with Crippen molar-refractivity contribution in [1.82, 2.24) is 9.88 Å². The highest BCUT2D eigenvalue weighted by atomic mass is 16.2. The molecule has 6 heteroatoms. The number of rotatable bonds is 7. The van der Waals surface area contributed by atoms with Gasteiger partial charge in [-0.3, -0.25) is 14.6 Å². The van der Waals surface area contributed by atoms with Gasteiger partial charge in [-0.2, -0.15) is 0 Å². The summed E-state index contributed by atoms with van der Waals surface area (Å²) in [5.41, 5.74) is 2.81. The quantitative estimate of drug-likeness (QED) is 0.841. The molecule has 0 fully saturated rings. The van der Waals surface area contributed by atoms with Crippen molar-refractivity contribution in [2.45, 2.75) is 19.9 Å². The fraction of sp³-hybridized carbons (Fsp3) is 0.316. The van der Waals surface area contributed by atoms with Crippen molar-refractivity contribution in [3.63, 3.8) is 0 Å². The molecule has 2 rings (SSSR count). The molecule has 0 saturated heterocycles. The van der Waals surface area contributed by atoms with Crippen molar-refractivity contribution in [1.29, 1.82) is 0 Å². The zero-order valence-electron chi connectivity index (χ0n) is 14.9. The van der Waals surface area contributed by atoms with Gasteiger partial charge in [-0.1, -0.05) is 0 Å². The van der Waals surface area contributed by atoms with Gasteiger partial charge in [-0.15, -0.1) is 0 Å².